The first-order valence-corrected chi connectivity index (χ1v) is 5.49. The van der Waals surface area contributed by atoms with Crippen LogP contribution >= 0.6 is 0 Å². The van der Waals surface area contributed by atoms with E-state index in [2.05, 4.69) is 9.98 Å². The average Bonchev–Trinajstić information content (AvgIpc) is 2.88. The molecule has 0 aliphatic heterocycles. The molecule has 0 atom stereocenters. The summed E-state index contributed by atoms with van der Waals surface area (Å²) < 4.78 is 5.09. The lowest BCUT2D eigenvalue weighted by atomic mass is 10.1. The second-order valence-electron chi connectivity index (χ2n) is 3.70. The van der Waals surface area contributed by atoms with Gasteiger partial charge in [-0.1, -0.05) is 12.1 Å². The molecule has 0 aliphatic carbocycles. The quantitative estimate of drug-likeness (QED) is 0.329. The number of oxazole rings is 1. The van der Waals surface area contributed by atoms with Gasteiger partial charge in [-0.25, -0.2) is 4.90 Å². The van der Waals surface area contributed by atoms with E-state index in [-0.39, 0.29) is 12.0 Å². The van der Waals surface area contributed by atoms with E-state index in [4.69, 9.17) is 26.6 Å². The van der Waals surface area contributed by atoms with Crippen LogP contribution in [0.2, 0.25) is 0 Å². The molecule has 0 fully saturated rings. The molecular weight excluding hydrogens is 258 g/mol. The van der Waals surface area contributed by atoms with Crippen molar-refractivity contribution in [1.82, 2.24) is 4.98 Å². The summed E-state index contributed by atoms with van der Waals surface area (Å²) in [6, 6.07) is 6.96. The van der Waals surface area contributed by atoms with Gasteiger partial charge in [0.05, 0.1) is 5.69 Å². The highest BCUT2D eigenvalue weighted by molar-refractivity contribution is 5.81. The number of hydrogen-bond acceptors (Lipinski definition) is 5. The van der Waals surface area contributed by atoms with E-state index < -0.39 is 0 Å². The van der Waals surface area contributed by atoms with Gasteiger partial charge in [0.2, 0.25) is 0 Å². The highest BCUT2D eigenvalue weighted by atomic mass is 16.4. The normalized spacial score (nSPS) is 9.55. The minimum absolute atomic E-state index is 0.0715. The van der Waals surface area contributed by atoms with Gasteiger partial charge >= 0.3 is 6.01 Å². The number of aromatic nitrogens is 1. The van der Waals surface area contributed by atoms with E-state index in [0.717, 1.165) is 16.8 Å². The molecule has 0 spiro atoms. The molecule has 20 heavy (non-hydrogen) atoms. The number of hydrogen-bond donors (Lipinski definition) is 3. The van der Waals surface area contributed by atoms with Crippen molar-refractivity contribution < 1.29 is 4.42 Å². The Morgan fingerprint density at radius 2 is 2.10 bits per heavy atom. The largest absolute Gasteiger partial charge is 0.430 e. The molecule has 0 aliphatic rings. The maximum Gasteiger partial charge on any atom is 0.325 e. The number of anilines is 1. The van der Waals surface area contributed by atoms with Gasteiger partial charge in [0.1, 0.15) is 18.3 Å². The fourth-order valence-electron chi connectivity index (χ4n) is 1.51. The average molecular weight is 269 g/mol. The topological polar surface area (TPSA) is 141 Å². The minimum Gasteiger partial charge on any atom is -0.430 e. The summed E-state index contributed by atoms with van der Waals surface area (Å²) in [4.78, 5) is 8.91. The van der Waals surface area contributed by atoms with Crippen molar-refractivity contribution in [2.45, 2.75) is 0 Å². The van der Waals surface area contributed by atoms with Crippen LogP contribution in [0.15, 0.2) is 39.9 Å². The zero-order chi connectivity index (χ0) is 14.5. The SMILES string of the molecule is N#CN(C=N)c1ccc(-c2coc(N=C(N)N)n2)cc1. The lowest BCUT2D eigenvalue weighted by Gasteiger charge is -2.08. The molecule has 1 aromatic carbocycles. The first-order valence-electron chi connectivity index (χ1n) is 5.49. The van der Waals surface area contributed by atoms with Crippen molar-refractivity contribution in [2.24, 2.45) is 16.5 Å². The summed E-state index contributed by atoms with van der Waals surface area (Å²) in [5.74, 6) is -0.135. The third-order valence-corrected chi connectivity index (χ3v) is 2.39. The summed E-state index contributed by atoms with van der Waals surface area (Å²) in [6.07, 6.45) is 4.22. The summed E-state index contributed by atoms with van der Waals surface area (Å²) in [5, 5.41) is 15.9. The predicted octanol–water partition coefficient (Wildman–Crippen LogP) is 1.14. The highest BCUT2D eigenvalue weighted by Crippen LogP contribution is 2.24. The Bertz CT molecular complexity index is 677. The van der Waals surface area contributed by atoms with Gasteiger partial charge in [-0.3, -0.25) is 5.41 Å². The monoisotopic (exact) mass is 269 g/mol. The van der Waals surface area contributed by atoms with Crippen molar-refractivity contribution in [3.05, 3.63) is 30.5 Å². The molecule has 2 rings (SSSR count). The van der Waals surface area contributed by atoms with E-state index >= 15 is 0 Å². The summed E-state index contributed by atoms with van der Waals surface area (Å²) in [5.41, 5.74) is 12.4. The van der Waals surface area contributed by atoms with E-state index in [1.54, 1.807) is 24.3 Å². The molecule has 0 unspecified atom stereocenters. The van der Waals surface area contributed by atoms with Crippen molar-refractivity contribution >= 4 is 24.0 Å². The van der Waals surface area contributed by atoms with Gasteiger partial charge in [0.15, 0.2) is 12.2 Å². The predicted molar refractivity (Wildman–Crippen MR) is 74.3 cm³/mol. The number of nitrogens with zero attached hydrogens (tertiary/aromatic N) is 4. The maximum absolute atomic E-state index is 8.81. The summed E-state index contributed by atoms with van der Waals surface area (Å²) >= 11 is 0. The van der Waals surface area contributed by atoms with Gasteiger partial charge in [0.25, 0.3) is 0 Å². The molecule has 5 N–H and O–H groups in total. The standard InChI is InChI=1S/C12H11N7O/c13-6-19(7-14)9-3-1-8(2-4-9)10-5-20-12(17-10)18-11(15)16/h1-6,13H,(H4,15,16,17,18). The molecule has 100 valence electrons. The molecule has 8 heteroatoms. The van der Waals surface area contributed by atoms with Crippen molar-refractivity contribution in [3.8, 4) is 17.5 Å². The third kappa shape index (κ3) is 2.73. The fraction of sp³-hybridized carbons (Fsp3) is 0. The zero-order valence-electron chi connectivity index (χ0n) is 10.3. The van der Waals surface area contributed by atoms with Crippen LogP contribution in [0.25, 0.3) is 11.3 Å². The van der Waals surface area contributed by atoms with Crippen LogP contribution in [0.3, 0.4) is 0 Å². The van der Waals surface area contributed by atoms with Crippen molar-refractivity contribution in [1.29, 1.82) is 10.7 Å². The van der Waals surface area contributed by atoms with Gasteiger partial charge in [-0.05, 0) is 12.1 Å². The maximum atomic E-state index is 8.81. The fourth-order valence-corrected chi connectivity index (χ4v) is 1.51. The number of nitrogens with one attached hydrogen (secondary N) is 1. The second-order valence-corrected chi connectivity index (χ2v) is 3.70. The Morgan fingerprint density at radius 3 is 2.65 bits per heavy atom. The lowest BCUT2D eigenvalue weighted by molar-refractivity contribution is 0.570. The first kappa shape index (κ1) is 13.1. The molecular formula is C12H11N7O. The van der Waals surface area contributed by atoms with Crippen molar-refractivity contribution in [2.75, 3.05) is 4.90 Å². The van der Waals surface area contributed by atoms with Crippen molar-refractivity contribution in [3.63, 3.8) is 0 Å². The van der Waals surface area contributed by atoms with E-state index in [1.807, 2.05) is 6.19 Å². The Balaban J connectivity index is 2.26. The smallest absolute Gasteiger partial charge is 0.325 e. The van der Waals surface area contributed by atoms with Gasteiger partial charge in [-0.2, -0.15) is 15.2 Å². The number of guanidine groups is 1. The number of nitrogens with two attached hydrogens (primary N) is 2. The number of rotatable bonds is 4. The molecule has 0 bridgehead atoms. The third-order valence-electron chi connectivity index (χ3n) is 2.39. The van der Waals surface area contributed by atoms with Crippen LogP contribution in [-0.4, -0.2) is 17.3 Å². The van der Waals surface area contributed by atoms with E-state index in [0.29, 0.717) is 11.4 Å². The molecule has 0 radical (unpaired) electrons. The van der Waals surface area contributed by atoms with Crippen LogP contribution in [0.4, 0.5) is 11.7 Å². The van der Waals surface area contributed by atoms with Crippen LogP contribution in [-0.2, 0) is 0 Å². The Hall–Kier alpha value is -3.34. The molecule has 8 nitrogen and oxygen atoms in total. The Kier molecular flexibility index (Phi) is 3.63. The Morgan fingerprint density at radius 1 is 1.40 bits per heavy atom. The molecule has 0 saturated carbocycles. The first-order chi connectivity index (χ1) is 9.63. The molecule has 1 heterocycles. The lowest BCUT2D eigenvalue weighted by Crippen LogP contribution is -2.21. The summed E-state index contributed by atoms with van der Waals surface area (Å²) in [6.45, 7) is 0. The van der Waals surface area contributed by atoms with Crippen LogP contribution < -0.4 is 16.4 Å². The molecule has 0 saturated heterocycles. The van der Waals surface area contributed by atoms with Crippen LogP contribution in [0, 0.1) is 16.9 Å². The minimum atomic E-state index is -0.135. The van der Waals surface area contributed by atoms with Gasteiger partial charge < -0.3 is 15.9 Å². The molecule has 2 aromatic rings. The van der Waals surface area contributed by atoms with Crippen LogP contribution in [0.5, 0.6) is 0 Å². The number of aliphatic imine (C=N–C) groups is 1. The molecule has 0 amide bonds. The van der Waals surface area contributed by atoms with Gasteiger partial charge in [0, 0.05) is 5.56 Å². The number of benzene rings is 1. The number of nitriles is 1. The highest BCUT2D eigenvalue weighted by Gasteiger charge is 2.07. The second kappa shape index (κ2) is 5.53. The summed E-state index contributed by atoms with van der Waals surface area (Å²) in [7, 11) is 0. The Labute approximate surface area is 114 Å². The molecule has 1 aromatic heterocycles. The van der Waals surface area contributed by atoms with Gasteiger partial charge in [-0.15, -0.1) is 0 Å². The van der Waals surface area contributed by atoms with Crippen LogP contribution in [0.1, 0.15) is 0 Å². The zero-order valence-corrected chi connectivity index (χ0v) is 10.3. The van der Waals surface area contributed by atoms with E-state index in [1.165, 1.54) is 6.26 Å². The van der Waals surface area contributed by atoms with E-state index in [9.17, 15) is 0 Å².